The van der Waals surface area contributed by atoms with Crippen LogP contribution < -0.4 is 0 Å². The van der Waals surface area contributed by atoms with Crippen LogP contribution in [0, 0.1) is 29.6 Å². The van der Waals surface area contributed by atoms with Crippen molar-refractivity contribution >= 4 is 31.8 Å². The quantitative estimate of drug-likeness (QED) is 0.0746. The minimum absolute atomic E-state index is 0.0108. The SMILES string of the molecule is COC(=O)CCCC#CC(O)C1C(=O)C(SCCCc2ccccc2)=CC1C=CC(O[Si](C)(C)C(C)(C)C)C1CCCC1. The molecule has 1 fully saturated rings. The number of ether oxygens (including phenoxy) is 1. The van der Waals surface area contributed by atoms with Crippen LogP contribution in [0.25, 0.3) is 0 Å². The Labute approximate surface area is 265 Å². The molecular formula is C36H52O5SSi. The number of benzene rings is 1. The number of rotatable bonds is 14. The summed E-state index contributed by atoms with van der Waals surface area (Å²) in [6, 6.07) is 10.4. The number of carbonyl (C=O) groups is 2. The largest absolute Gasteiger partial charge is 0.469 e. The van der Waals surface area contributed by atoms with E-state index in [4.69, 9.17) is 9.16 Å². The maximum absolute atomic E-state index is 13.7. The molecule has 3 rings (SSSR count). The second-order valence-corrected chi connectivity index (χ2v) is 19.3. The van der Waals surface area contributed by atoms with Gasteiger partial charge in [-0.15, -0.1) is 17.7 Å². The number of hydrogen-bond donors (Lipinski definition) is 1. The number of esters is 1. The van der Waals surface area contributed by atoms with Gasteiger partial charge in [-0.2, -0.15) is 0 Å². The van der Waals surface area contributed by atoms with Crippen molar-refractivity contribution < 1.29 is 23.9 Å². The molecule has 236 valence electrons. The lowest BCUT2D eigenvalue weighted by Crippen LogP contribution is -2.45. The molecule has 0 radical (unpaired) electrons. The topological polar surface area (TPSA) is 72.8 Å². The Morgan fingerprint density at radius 3 is 2.51 bits per heavy atom. The van der Waals surface area contributed by atoms with Crippen molar-refractivity contribution in [2.75, 3.05) is 12.9 Å². The number of aliphatic hydroxyl groups is 1. The Balaban J connectivity index is 1.76. The molecule has 4 unspecified atom stereocenters. The molecule has 7 heteroatoms. The predicted octanol–water partition coefficient (Wildman–Crippen LogP) is 7.90. The first kappa shape index (κ1) is 35.4. The van der Waals surface area contributed by atoms with Gasteiger partial charge < -0.3 is 14.3 Å². The maximum atomic E-state index is 13.7. The zero-order valence-electron chi connectivity index (χ0n) is 27.1. The highest BCUT2D eigenvalue weighted by Crippen LogP contribution is 2.41. The van der Waals surface area contributed by atoms with E-state index in [2.05, 4.69) is 82.1 Å². The van der Waals surface area contributed by atoms with Crippen molar-refractivity contribution in [2.24, 2.45) is 17.8 Å². The molecule has 1 saturated carbocycles. The highest BCUT2D eigenvalue weighted by atomic mass is 32.2. The van der Waals surface area contributed by atoms with Gasteiger partial charge in [0.2, 0.25) is 0 Å². The Bertz CT molecular complexity index is 1170. The average molecular weight is 625 g/mol. The van der Waals surface area contributed by atoms with E-state index in [-0.39, 0.29) is 35.2 Å². The fraction of sp³-hybridized carbons (Fsp3) is 0.611. The van der Waals surface area contributed by atoms with Crippen molar-refractivity contribution in [3.8, 4) is 11.8 Å². The van der Waals surface area contributed by atoms with Crippen LogP contribution in [0.1, 0.15) is 77.7 Å². The lowest BCUT2D eigenvalue weighted by molar-refractivity contribution is -0.140. The summed E-state index contributed by atoms with van der Waals surface area (Å²) in [5.74, 6) is 6.05. The summed E-state index contributed by atoms with van der Waals surface area (Å²) in [6.45, 7) is 11.4. The molecule has 5 nitrogen and oxygen atoms in total. The van der Waals surface area contributed by atoms with Crippen LogP contribution >= 0.6 is 11.8 Å². The predicted molar refractivity (Wildman–Crippen MR) is 180 cm³/mol. The highest BCUT2D eigenvalue weighted by molar-refractivity contribution is 8.04. The molecule has 1 N–H and O–H groups in total. The maximum Gasteiger partial charge on any atom is 0.305 e. The van der Waals surface area contributed by atoms with E-state index in [1.165, 1.54) is 25.5 Å². The van der Waals surface area contributed by atoms with E-state index in [0.717, 1.165) is 36.3 Å². The van der Waals surface area contributed by atoms with Gasteiger partial charge in [0.05, 0.1) is 19.1 Å². The minimum Gasteiger partial charge on any atom is -0.469 e. The summed E-state index contributed by atoms with van der Waals surface area (Å²) in [6.07, 6.45) is 13.3. The Hall–Kier alpha value is -2.11. The third kappa shape index (κ3) is 10.8. The fourth-order valence-corrected chi connectivity index (χ4v) is 7.82. The summed E-state index contributed by atoms with van der Waals surface area (Å²) < 4.78 is 11.6. The summed E-state index contributed by atoms with van der Waals surface area (Å²) >= 11 is 1.59. The van der Waals surface area contributed by atoms with Crippen LogP contribution in [0.3, 0.4) is 0 Å². The average Bonchev–Trinajstić information content (AvgIpc) is 3.61. The molecule has 0 bridgehead atoms. The third-order valence-corrected chi connectivity index (χ3v) is 14.8. The number of Topliss-reactive ketones (excluding diaryl/α,β-unsaturated/α-hetero) is 1. The summed E-state index contributed by atoms with van der Waals surface area (Å²) in [4.78, 5) is 25.8. The standard InChI is InChI=1S/C36H52O5SSi/c1-36(2,3)43(5,6)41-31(28-19-13-14-20-28)24-23-29-26-32(42-25-15-18-27-16-9-7-10-17-27)35(39)34(29)30(37)21-11-8-12-22-33(38)40-4/h7,9-10,16-17,23-24,26,28-31,34,37H,8,12-15,18-20,22,25H2,1-6H3. The fourth-order valence-electron chi connectivity index (χ4n) is 5.47. The molecule has 0 aromatic heterocycles. The number of carbonyl (C=O) groups excluding carboxylic acids is 2. The van der Waals surface area contributed by atoms with Crippen molar-refractivity contribution in [3.63, 3.8) is 0 Å². The second kappa shape index (κ2) is 16.8. The molecular weight excluding hydrogens is 573 g/mol. The van der Waals surface area contributed by atoms with Crippen molar-refractivity contribution in [3.05, 3.63) is 59.0 Å². The number of thioether (sulfide) groups is 1. The van der Waals surface area contributed by atoms with Gasteiger partial charge in [0.15, 0.2) is 14.1 Å². The van der Waals surface area contributed by atoms with Gasteiger partial charge in [0, 0.05) is 23.7 Å². The third-order valence-electron chi connectivity index (χ3n) is 9.14. The van der Waals surface area contributed by atoms with Crippen LogP contribution in [-0.2, 0) is 25.2 Å². The smallest absolute Gasteiger partial charge is 0.305 e. The number of hydrogen-bond acceptors (Lipinski definition) is 6. The van der Waals surface area contributed by atoms with Gasteiger partial charge in [-0.3, -0.25) is 9.59 Å². The van der Waals surface area contributed by atoms with Gasteiger partial charge >= 0.3 is 5.97 Å². The van der Waals surface area contributed by atoms with Crippen molar-refractivity contribution in [1.82, 2.24) is 0 Å². The monoisotopic (exact) mass is 624 g/mol. The van der Waals surface area contributed by atoms with Crippen molar-refractivity contribution in [2.45, 2.75) is 109 Å². The van der Waals surface area contributed by atoms with Gasteiger partial charge in [0.25, 0.3) is 0 Å². The van der Waals surface area contributed by atoms with Gasteiger partial charge in [-0.1, -0.05) is 88.1 Å². The molecule has 0 aliphatic heterocycles. The molecule has 1 aromatic rings. The van der Waals surface area contributed by atoms with Crippen LogP contribution in [0.2, 0.25) is 18.1 Å². The highest BCUT2D eigenvalue weighted by Gasteiger charge is 2.42. The Morgan fingerprint density at radius 1 is 1.16 bits per heavy atom. The van der Waals surface area contributed by atoms with E-state index >= 15 is 0 Å². The van der Waals surface area contributed by atoms with Gasteiger partial charge in [0.1, 0.15) is 6.10 Å². The number of methoxy groups -OCH3 is 1. The number of allylic oxidation sites excluding steroid dienone is 3. The van der Waals surface area contributed by atoms with E-state index in [9.17, 15) is 14.7 Å². The molecule has 2 aliphatic carbocycles. The number of unbranched alkanes of at least 4 members (excludes halogenated alkanes) is 1. The van der Waals surface area contributed by atoms with Gasteiger partial charge in [-0.25, -0.2) is 0 Å². The van der Waals surface area contributed by atoms with Crippen LogP contribution in [0.4, 0.5) is 0 Å². The normalized spacial score (nSPS) is 21.0. The minimum atomic E-state index is -2.01. The van der Waals surface area contributed by atoms with E-state index in [1.807, 2.05) is 12.1 Å². The molecule has 1 aromatic carbocycles. The van der Waals surface area contributed by atoms with E-state index in [0.29, 0.717) is 18.8 Å². The Kier molecular flexibility index (Phi) is 13.8. The van der Waals surface area contributed by atoms with Crippen LogP contribution in [-0.4, -0.2) is 50.2 Å². The summed E-state index contributed by atoms with van der Waals surface area (Å²) in [5.41, 5.74) is 1.30. The lowest BCUT2D eigenvalue weighted by atomic mass is 9.88. The second-order valence-electron chi connectivity index (χ2n) is 13.4. The van der Waals surface area contributed by atoms with E-state index < -0.39 is 20.3 Å². The molecule has 0 saturated heterocycles. The van der Waals surface area contributed by atoms with Crippen LogP contribution in [0.15, 0.2) is 53.5 Å². The Morgan fingerprint density at radius 2 is 1.86 bits per heavy atom. The number of ketones is 1. The first-order valence-corrected chi connectivity index (χ1v) is 19.8. The zero-order valence-corrected chi connectivity index (χ0v) is 28.9. The molecule has 0 spiro atoms. The van der Waals surface area contributed by atoms with Crippen molar-refractivity contribution in [1.29, 1.82) is 0 Å². The molecule has 2 aliphatic rings. The molecule has 43 heavy (non-hydrogen) atoms. The first-order valence-electron chi connectivity index (χ1n) is 15.9. The van der Waals surface area contributed by atoms with Gasteiger partial charge in [-0.05, 0) is 67.5 Å². The molecule has 4 atom stereocenters. The number of aryl methyl sites for hydroxylation is 1. The van der Waals surface area contributed by atoms with Crippen LogP contribution in [0.5, 0.6) is 0 Å². The lowest BCUT2D eigenvalue weighted by Gasteiger charge is -2.40. The molecule has 0 amide bonds. The summed E-state index contributed by atoms with van der Waals surface area (Å²) in [5, 5.41) is 11.3. The van der Waals surface area contributed by atoms with E-state index in [1.54, 1.807) is 11.8 Å². The summed E-state index contributed by atoms with van der Waals surface area (Å²) in [7, 11) is -0.636. The molecule has 0 heterocycles. The zero-order chi connectivity index (χ0) is 31.5. The number of aliphatic hydroxyl groups excluding tert-OH is 1. The first-order chi connectivity index (χ1) is 20.4.